The van der Waals surface area contributed by atoms with Crippen LogP contribution < -0.4 is 9.46 Å². The van der Waals surface area contributed by atoms with Crippen molar-refractivity contribution in [3.8, 4) is 16.2 Å². The van der Waals surface area contributed by atoms with Crippen molar-refractivity contribution >= 4 is 33.0 Å². The number of carbonyl (C=O) groups is 1. The van der Waals surface area contributed by atoms with Gasteiger partial charge in [0.1, 0.15) is 9.96 Å². The number of alkyl halides is 3. The summed E-state index contributed by atoms with van der Waals surface area (Å²) in [5.74, 6) is -0.937. The Balaban J connectivity index is 1.43. The average molecular weight is 556 g/mol. The van der Waals surface area contributed by atoms with Crippen LogP contribution in [0.15, 0.2) is 58.8 Å². The highest BCUT2D eigenvalue weighted by Crippen LogP contribution is 2.38. The molecule has 2 N–H and O–H groups in total. The number of halogens is 3. The van der Waals surface area contributed by atoms with E-state index in [1.54, 1.807) is 6.07 Å². The summed E-state index contributed by atoms with van der Waals surface area (Å²) in [5.41, 5.74) is 1.91. The summed E-state index contributed by atoms with van der Waals surface area (Å²) in [6, 6.07) is 14.6. The zero-order valence-corrected chi connectivity index (χ0v) is 21.3. The number of benzene rings is 2. The fourth-order valence-corrected chi connectivity index (χ4v) is 6.73. The van der Waals surface area contributed by atoms with Crippen molar-refractivity contribution < 1.29 is 41.0 Å². The molecule has 0 unspecified atom stereocenters. The average Bonchev–Trinajstić information content (AvgIpc) is 3.35. The fourth-order valence-electron chi connectivity index (χ4n) is 4.35. The van der Waals surface area contributed by atoms with Gasteiger partial charge in [0.15, 0.2) is 0 Å². The maximum absolute atomic E-state index is 13.0. The molecule has 0 atom stereocenters. The third-order valence-corrected chi connectivity index (χ3v) is 9.17. The van der Waals surface area contributed by atoms with Gasteiger partial charge in [-0.15, -0.1) is 24.5 Å². The van der Waals surface area contributed by atoms with Gasteiger partial charge in [0.05, 0.1) is 24.5 Å². The van der Waals surface area contributed by atoms with Gasteiger partial charge >= 0.3 is 12.3 Å². The molecule has 1 fully saturated rings. The van der Waals surface area contributed by atoms with Gasteiger partial charge in [0.25, 0.3) is 10.0 Å². The number of sulfonamides is 1. The highest BCUT2D eigenvalue weighted by molar-refractivity contribution is 7.94. The van der Waals surface area contributed by atoms with E-state index in [0.29, 0.717) is 25.7 Å². The molecule has 198 valence electrons. The molecule has 0 amide bonds. The number of nitrogens with one attached hydrogen (secondary N) is 1. The summed E-state index contributed by atoms with van der Waals surface area (Å²) in [7, 11) is -2.65. The van der Waals surface area contributed by atoms with Crippen LogP contribution in [-0.4, -0.2) is 39.1 Å². The van der Waals surface area contributed by atoms with Gasteiger partial charge < -0.3 is 9.84 Å². The number of carboxylic acid groups (broad SMARTS) is 1. The van der Waals surface area contributed by atoms with Crippen LogP contribution in [0, 0.1) is 0 Å². The molecular formula is C25H24F3NO6S2. The van der Waals surface area contributed by atoms with Gasteiger partial charge in [-0.3, -0.25) is 9.46 Å². The van der Waals surface area contributed by atoms with Gasteiger partial charge in [-0.2, -0.15) is 0 Å². The molecule has 1 heterocycles. The summed E-state index contributed by atoms with van der Waals surface area (Å²) in [4.78, 5) is 11.9. The van der Waals surface area contributed by atoms with E-state index < -0.39 is 28.5 Å². The summed E-state index contributed by atoms with van der Waals surface area (Å²) in [5, 5.41) is 9.12. The van der Waals surface area contributed by atoms with Gasteiger partial charge in [-0.05, 0) is 73.1 Å². The number of methoxy groups -OCH3 is 1. The molecule has 1 aliphatic rings. The van der Waals surface area contributed by atoms with Crippen LogP contribution in [0.3, 0.4) is 0 Å². The van der Waals surface area contributed by atoms with E-state index in [-0.39, 0.29) is 27.1 Å². The van der Waals surface area contributed by atoms with Crippen molar-refractivity contribution in [1.82, 2.24) is 0 Å². The second kappa shape index (κ2) is 10.7. The summed E-state index contributed by atoms with van der Waals surface area (Å²) < 4.78 is 75.0. The Kier molecular flexibility index (Phi) is 7.81. The Bertz CT molecular complexity index is 1360. The molecule has 0 spiro atoms. The predicted octanol–water partition coefficient (Wildman–Crippen LogP) is 6.49. The molecule has 0 aliphatic heterocycles. The molecule has 12 heteroatoms. The Morgan fingerprint density at radius 1 is 1.03 bits per heavy atom. The summed E-state index contributed by atoms with van der Waals surface area (Å²) in [6.45, 7) is 0. The van der Waals surface area contributed by atoms with Crippen LogP contribution in [0.2, 0.25) is 0 Å². The van der Waals surface area contributed by atoms with Crippen molar-refractivity contribution in [2.24, 2.45) is 0 Å². The van der Waals surface area contributed by atoms with Crippen LogP contribution in [0.5, 0.6) is 5.75 Å². The molecular weight excluding hydrogens is 531 g/mol. The van der Waals surface area contributed by atoms with Crippen LogP contribution >= 0.6 is 11.3 Å². The lowest BCUT2D eigenvalue weighted by atomic mass is 9.82. The standard InChI is InChI=1S/C25H24F3NO6S2/c1-34-21-14-18(24(30)31)8-11-20(21)29-37(32,33)23-13-12-22(36-23)17-4-2-15(3-5-17)16-6-9-19(10-7-16)35-25(26,27)28/h2-5,8,11-14,16,19,29H,6-7,9-10H2,1H3,(H,30,31). The Morgan fingerprint density at radius 2 is 1.70 bits per heavy atom. The summed E-state index contributed by atoms with van der Waals surface area (Å²) >= 11 is 1.07. The first kappa shape index (κ1) is 27.0. The van der Waals surface area contributed by atoms with Gasteiger partial charge in [-0.25, -0.2) is 13.2 Å². The number of ether oxygens (including phenoxy) is 2. The van der Waals surface area contributed by atoms with Crippen LogP contribution in [0.1, 0.15) is 47.5 Å². The first-order valence-corrected chi connectivity index (χ1v) is 13.6. The molecule has 0 saturated heterocycles. The lowest BCUT2D eigenvalue weighted by Gasteiger charge is -2.29. The molecule has 1 aromatic heterocycles. The topological polar surface area (TPSA) is 102 Å². The number of thiophene rings is 1. The first-order chi connectivity index (χ1) is 17.4. The quantitative estimate of drug-likeness (QED) is 0.330. The largest absolute Gasteiger partial charge is 0.522 e. The van der Waals surface area contributed by atoms with E-state index in [1.165, 1.54) is 31.4 Å². The lowest BCUT2D eigenvalue weighted by molar-refractivity contribution is -0.345. The van der Waals surface area contributed by atoms with Crippen molar-refractivity contribution in [2.75, 3.05) is 11.8 Å². The lowest BCUT2D eigenvalue weighted by Crippen LogP contribution is -2.27. The SMILES string of the molecule is COc1cc(C(=O)O)ccc1NS(=O)(=O)c1ccc(-c2ccc(C3CCC(OC(F)(F)F)CC3)cc2)s1. The van der Waals surface area contributed by atoms with Crippen molar-refractivity contribution in [1.29, 1.82) is 0 Å². The predicted molar refractivity (Wildman–Crippen MR) is 133 cm³/mol. The van der Waals surface area contributed by atoms with Crippen LogP contribution in [0.4, 0.5) is 18.9 Å². The number of rotatable bonds is 8. The molecule has 37 heavy (non-hydrogen) atoms. The molecule has 0 bridgehead atoms. The molecule has 7 nitrogen and oxygen atoms in total. The van der Waals surface area contributed by atoms with Crippen LogP contribution in [-0.2, 0) is 14.8 Å². The Morgan fingerprint density at radius 3 is 2.30 bits per heavy atom. The van der Waals surface area contributed by atoms with Crippen molar-refractivity contribution in [2.45, 2.75) is 48.3 Å². The monoisotopic (exact) mass is 555 g/mol. The highest BCUT2D eigenvalue weighted by atomic mass is 32.2. The summed E-state index contributed by atoms with van der Waals surface area (Å²) in [6.07, 6.45) is -3.53. The van der Waals surface area contributed by atoms with E-state index in [2.05, 4.69) is 9.46 Å². The third kappa shape index (κ3) is 6.62. The minimum absolute atomic E-state index is 0.0376. The molecule has 2 aromatic carbocycles. The van der Waals surface area contributed by atoms with Crippen molar-refractivity contribution in [3.63, 3.8) is 0 Å². The van der Waals surface area contributed by atoms with E-state index in [9.17, 15) is 26.4 Å². The maximum Gasteiger partial charge on any atom is 0.522 e. The number of hydrogen-bond donors (Lipinski definition) is 2. The van der Waals surface area contributed by atoms with E-state index in [1.807, 2.05) is 24.3 Å². The number of hydrogen-bond acceptors (Lipinski definition) is 6. The van der Waals surface area contributed by atoms with Crippen molar-refractivity contribution in [3.05, 3.63) is 65.7 Å². The number of aromatic carboxylic acids is 1. The van der Waals surface area contributed by atoms with E-state index in [4.69, 9.17) is 9.84 Å². The normalized spacial score (nSPS) is 18.4. The minimum Gasteiger partial charge on any atom is -0.495 e. The highest BCUT2D eigenvalue weighted by Gasteiger charge is 2.35. The Hall–Kier alpha value is -3.09. The molecule has 4 rings (SSSR count). The molecule has 0 radical (unpaired) electrons. The van der Waals surface area contributed by atoms with E-state index >= 15 is 0 Å². The van der Waals surface area contributed by atoms with Crippen LogP contribution in [0.25, 0.3) is 10.4 Å². The second-order valence-electron chi connectivity index (χ2n) is 8.60. The maximum atomic E-state index is 13.0. The zero-order valence-electron chi connectivity index (χ0n) is 19.6. The number of anilines is 1. The fraction of sp³-hybridized carbons (Fsp3) is 0.320. The zero-order chi connectivity index (χ0) is 26.8. The van der Waals surface area contributed by atoms with Gasteiger partial charge in [0, 0.05) is 4.88 Å². The third-order valence-electron chi connectivity index (χ3n) is 6.18. The molecule has 3 aromatic rings. The minimum atomic E-state index is -4.61. The Labute approximate surface area is 215 Å². The van der Waals surface area contributed by atoms with Gasteiger partial charge in [0.2, 0.25) is 0 Å². The molecule has 1 aliphatic carbocycles. The molecule has 1 saturated carbocycles. The number of carboxylic acids is 1. The second-order valence-corrected chi connectivity index (χ2v) is 11.6. The smallest absolute Gasteiger partial charge is 0.495 e. The van der Waals surface area contributed by atoms with E-state index in [0.717, 1.165) is 27.3 Å². The first-order valence-electron chi connectivity index (χ1n) is 11.3. The van der Waals surface area contributed by atoms with Gasteiger partial charge in [-0.1, -0.05) is 24.3 Å².